The molecule has 1 saturated heterocycles. The van der Waals surface area contributed by atoms with Crippen LogP contribution in [0.2, 0.25) is 0 Å². The summed E-state index contributed by atoms with van der Waals surface area (Å²) in [6, 6.07) is 0. The Bertz CT molecular complexity index is 449. The Morgan fingerprint density at radius 3 is 2.83 bits per heavy atom. The van der Waals surface area contributed by atoms with Crippen LogP contribution in [0.4, 0.5) is 0 Å². The molecule has 1 saturated carbocycles. The number of ether oxygens (including phenoxy) is 1. The van der Waals surface area contributed by atoms with Gasteiger partial charge >= 0.3 is 11.9 Å². The summed E-state index contributed by atoms with van der Waals surface area (Å²) in [5.74, 6) is -2.22. The summed E-state index contributed by atoms with van der Waals surface area (Å²) in [7, 11) is 0. The molecule has 1 heterocycles. The maximum Gasteiger partial charge on any atom is 0.310 e. The molecule has 0 aromatic rings. The van der Waals surface area contributed by atoms with Crippen molar-refractivity contribution in [1.29, 1.82) is 0 Å². The van der Waals surface area contributed by atoms with Crippen molar-refractivity contribution in [2.24, 2.45) is 23.2 Å². The molecule has 2 fully saturated rings. The van der Waals surface area contributed by atoms with Crippen molar-refractivity contribution in [3.05, 3.63) is 11.6 Å². The van der Waals surface area contributed by atoms with Crippen LogP contribution >= 0.6 is 0 Å². The summed E-state index contributed by atoms with van der Waals surface area (Å²) in [5.41, 5.74) is 1.38. The maximum absolute atomic E-state index is 12.0. The molecule has 0 amide bonds. The van der Waals surface area contributed by atoms with E-state index >= 15 is 0 Å². The van der Waals surface area contributed by atoms with Gasteiger partial charge in [0.1, 0.15) is 6.10 Å². The van der Waals surface area contributed by atoms with E-state index in [1.807, 2.05) is 6.08 Å². The largest absolute Gasteiger partial charge is 0.481 e. The first-order valence-corrected chi connectivity index (χ1v) is 6.51. The van der Waals surface area contributed by atoms with Gasteiger partial charge in [-0.1, -0.05) is 25.5 Å². The standard InChI is InChI=1S/C14H18O4/c1-14(2)5-7-3-4-8(12(15)16)11-10(7)9(6-14)18-13(11)17/h3,8-11H,4-6H2,1-2H3,(H,15,16)/t8-,9+,10-,11-/m0/s1. The molecule has 4 atom stereocenters. The van der Waals surface area contributed by atoms with Crippen molar-refractivity contribution < 1.29 is 19.4 Å². The van der Waals surface area contributed by atoms with E-state index in [0.29, 0.717) is 6.42 Å². The van der Waals surface area contributed by atoms with E-state index in [2.05, 4.69) is 13.8 Å². The minimum absolute atomic E-state index is 0.0142. The number of carbonyl (C=O) groups is 2. The highest BCUT2D eigenvalue weighted by Gasteiger charge is 2.56. The highest BCUT2D eigenvalue weighted by atomic mass is 16.6. The third kappa shape index (κ3) is 1.58. The van der Waals surface area contributed by atoms with Gasteiger partial charge < -0.3 is 9.84 Å². The van der Waals surface area contributed by atoms with Crippen LogP contribution in [0.1, 0.15) is 33.1 Å². The lowest BCUT2D eigenvalue weighted by molar-refractivity contribution is -0.153. The fourth-order valence-corrected chi connectivity index (χ4v) is 3.91. The number of esters is 1. The average Bonchev–Trinajstić information content (AvgIpc) is 2.55. The molecule has 0 aromatic carbocycles. The summed E-state index contributed by atoms with van der Waals surface area (Å²) in [6.45, 7) is 4.35. The van der Waals surface area contributed by atoms with Crippen molar-refractivity contribution in [2.75, 3.05) is 0 Å². The van der Waals surface area contributed by atoms with E-state index in [0.717, 1.165) is 12.8 Å². The fraction of sp³-hybridized carbons (Fsp3) is 0.714. The molecule has 4 heteroatoms. The van der Waals surface area contributed by atoms with E-state index in [1.165, 1.54) is 5.57 Å². The molecule has 0 aromatic heterocycles. The maximum atomic E-state index is 12.0. The van der Waals surface area contributed by atoms with Crippen molar-refractivity contribution in [2.45, 2.75) is 39.2 Å². The second-order valence-corrected chi connectivity index (χ2v) is 6.53. The molecule has 3 aliphatic rings. The first-order chi connectivity index (χ1) is 8.39. The van der Waals surface area contributed by atoms with E-state index in [9.17, 15) is 14.7 Å². The quantitative estimate of drug-likeness (QED) is 0.571. The topological polar surface area (TPSA) is 63.6 Å². The van der Waals surface area contributed by atoms with Gasteiger partial charge in [0.25, 0.3) is 0 Å². The SMILES string of the molecule is CC1(C)CC2=CC[C@H](C(=O)O)[C@@H]3C(=O)O[C@H](C1)[C@H]23. The summed E-state index contributed by atoms with van der Waals surface area (Å²) in [5, 5.41) is 9.23. The Labute approximate surface area is 106 Å². The van der Waals surface area contributed by atoms with Gasteiger partial charge in [-0.25, -0.2) is 0 Å². The number of carboxylic acids is 1. The van der Waals surface area contributed by atoms with E-state index in [1.54, 1.807) is 0 Å². The molecule has 4 nitrogen and oxygen atoms in total. The molecule has 0 radical (unpaired) electrons. The zero-order chi connectivity index (χ0) is 13.1. The summed E-state index contributed by atoms with van der Waals surface area (Å²) >= 11 is 0. The second-order valence-electron chi connectivity index (χ2n) is 6.53. The lowest BCUT2D eigenvalue weighted by Gasteiger charge is -2.41. The minimum Gasteiger partial charge on any atom is -0.481 e. The second kappa shape index (κ2) is 3.59. The molecule has 1 N–H and O–H groups in total. The van der Waals surface area contributed by atoms with Crippen LogP contribution in [-0.4, -0.2) is 23.1 Å². The number of allylic oxidation sites excluding steroid dienone is 1. The number of carboxylic acid groups (broad SMARTS) is 1. The Kier molecular flexibility index (Phi) is 2.34. The predicted molar refractivity (Wildman–Crippen MR) is 63.7 cm³/mol. The van der Waals surface area contributed by atoms with Gasteiger partial charge in [-0.3, -0.25) is 9.59 Å². The van der Waals surface area contributed by atoms with Crippen LogP contribution in [0.3, 0.4) is 0 Å². The number of hydrogen-bond acceptors (Lipinski definition) is 3. The minimum atomic E-state index is -0.877. The van der Waals surface area contributed by atoms with Crippen molar-refractivity contribution in [3.63, 3.8) is 0 Å². The third-order valence-electron chi connectivity index (χ3n) is 4.58. The van der Waals surface area contributed by atoms with Crippen molar-refractivity contribution in [3.8, 4) is 0 Å². The van der Waals surface area contributed by atoms with Crippen LogP contribution in [0.5, 0.6) is 0 Å². The van der Waals surface area contributed by atoms with Gasteiger partial charge in [-0.2, -0.15) is 0 Å². The van der Waals surface area contributed by atoms with Crippen LogP contribution in [0.15, 0.2) is 11.6 Å². The molecular formula is C14H18O4. The van der Waals surface area contributed by atoms with Gasteiger partial charge in [0.15, 0.2) is 0 Å². The highest BCUT2D eigenvalue weighted by molar-refractivity contribution is 5.84. The van der Waals surface area contributed by atoms with Crippen LogP contribution in [0, 0.1) is 23.2 Å². The summed E-state index contributed by atoms with van der Waals surface area (Å²) in [6.07, 6.45) is 4.18. The Hall–Kier alpha value is -1.32. The Morgan fingerprint density at radius 2 is 2.17 bits per heavy atom. The first kappa shape index (κ1) is 11.8. The molecule has 2 aliphatic carbocycles. The third-order valence-corrected chi connectivity index (χ3v) is 4.58. The van der Waals surface area contributed by atoms with E-state index < -0.39 is 17.8 Å². The van der Waals surface area contributed by atoms with Gasteiger partial charge in [0.05, 0.1) is 11.8 Å². The Balaban J connectivity index is 2.00. The normalized spacial score (nSPS) is 40.8. The molecule has 1 aliphatic heterocycles. The molecule has 3 rings (SSSR count). The summed E-state index contributed by atoms with van der Waals surface area (Å²) < 4.78 is 5.45. The van der Waals surface area contributed by atoms with Crippen LogP contribution in [-0.2, 0) is 14.3 Å². The van der Waals surface area contributed by atoms with Crippen LogP contribution in [0.25, 0.3) is 0 Å². The number of carbonyl (C=O) groups excluding carboxylic acids is 1. The van der Waals surface area contributed by atoms with Crippen LogP contribution < -0.4 is 0 Å². The molecule has 0 bridgehead atoms. The molecule has 0 unspecified atom stereocenters. The Morgan fingerprint density at radius 1 is 1.44 bits per heavy atom. The number of hydrogen-bond donors (Lipinski definition) is 1. The summed E-state index contributed by atoms with van der Waals surface area (Å²) in [4.78, 5) is 23.2. The molecular weight excluding hydrogens is 232 g/mol. The highest BCUT2D eigenvalue weighted by Crippen LogP contribution is 2.53. The fourth-order valence-electron chi connectivity index (χ4n) is 3.91. The van der Waals surface area contributed by atoms with Crippen molar-refractivity contribution >= 4 is 11.9 Å². The van der Waals surface area contributed by atoms with Gasteiger partial charge in [-0.05, 0) is 24.7 Å². The number of rotatable bonds is 1. The monoisotopic (exact) mass is 250 g/mol. The zero-order valence-corrected chi connectivity index (χ0v) is 10.7. The van der Waals surface area contributed by atoms with Crippen molar-refractivity contribution in [1.82, 2.24) is 0 Å². The predicted octanol–water partition coefficient (Wildman–Crippen LogP) is 2.00. The van der Waals surface area contributed by atoms with Gasteiger partial charge in [0, 0.05) is 5.92 Å². The van der Waals surface area contributed by atoms with E-state index in [4.69, 9.17) is 4.74 Å². The van der Waals surface area contributed by atoms with Gasteiger partial charge in [-0.15, -0.1) is 0 Å². The molecule has 98 valence electrons. The lowest BCUT2D eigenvalue weighted by atomic mass is 9.61. The smallest absolute Gasteiger partial charge is 0.310 e. The first-order valence-electron chi connectivity index (χ1n) is 6.51. The lowest BCUT2D eigenvalue weighted by Crippen LogP contribution is -2.41. The average molecular weight is 250 g/mol. The van der Waals surface area contributed by atoms with Gasteiger partial charge in [0.2, 0.25) is 0 Å². The van der Waals surface area contributed by atoms with E-state index in [-0.39, 0.29) is 23.4 Å². The molecule has 0 spiro atoms. The zero-order valence-electron chi connectivity index (χ0n) is 10.7. The number of aliphatic carboxylic acids is 1. The molecule has 18 heavy (non-hydrogen) atoms.